The van der Waals surface area contributed by atoms with Gasteiger partial charge < -0.3 is 9.84 Å². The summed E-state index contributed by atoms with van der Waals surface area (Å²) < 4.78 is 9.10. The van der Waals surface area contributed by atoms with E-state index in [1.54, 1.807) is 0 Å². The van der Waals surface area contributed by atoms with Gasteiger partial charge >= 0.3 is 0 Å². The van der Waals surface area contributed by atoms with Gasteiger partial charge in [0.25, 0.3) is 0 Å². The minimum absolute atomic E-state index is 0.102. The van der Waals surface area contributed by atoms with Crippen LogP contribution in [-0.2, 0) is 11.3 Å². The Hall–Kier alpha value is -0.560. The van der Waals surface area contributed by atoms with E-state index >= 15 is 0 Å². The van der Waals surface area contributed by atoms with Crippen molar-refractivity contribution in [3.8, 4) is 0 Å². The molecule has 5 nitrogen and oxygen atoms in total. The molecule has 0 bridgehead atoms. The van der Waals surface area contributed by atoms with Crippen molar-refractivity contribution >= 4 is 11.5 Å². The van der Waals surface area contributed by atoms with E-state index in [4.69, 9.17) is 9.84 Å². The van der Waals surface area contributed by atoms with E-state index in [0.717, 1.165) is 25.4 Å². The summed E-state index contributed by atoms with van der Waals surface area (Å²) in [5.41, 5.74) is 0.968. The van der Waals surface area contributed by atoms with Gasteiger partial charge in [-0.25, -0.2) is 0 Å². The number of aliphatic hydroxyl groups excluding tert-OH is 1. The first-order valence-electron chi connectivity index (χ1n) is 4.58. The number of aliphatic hydroxyl groups is 1. The van der Waals surface area contributed by atoms with Gasteiger partial charge in [0.1, 0.15) is 0 Å². The van der Waals surface area contributed by atoms with E-state index in [2.05, 4.69) is 14.5 Å². The van der Waals surface area contributed by atoms with Crippen LogP contribution in [0.2, 0.25) is 0 Å². The fourth-order valence-corrected chi connectivity index (χ4v) is 1.97. The van der Waals surface area contributed by atoms with Crippen LogP contribution in [0.15, 0.2) is 5.38 Å². The second kappa shape index (κ2) is 4.79. The van der Waals surface area contributed by atoms with Gasteiger partial charge in [0.05, 0.1) is 31.6 Å². The van der Waals surface area contributed by atoms with E-state index in [1.165, 1.54) is 11.5 Å². The van der Waals surface area contributed by atoms with Crippen molar-refractivity contribution in [2.45, 2.75) is 12.6 Å². The van der Waals surface area contributed by atoms with Gasteiger partial charge in [0, 0.05) is 18.5 Å². The van der Waals surface area contributed by atoms with Crippen molar-refractivity contribution in [1.29, 1.82) is 0 Å². The highest BCUT2D eigenvalue weighted by Gasteiger charge is 2.22. The van der Waals surface area contributed by atoms with Crippen molar-refractivity contribution in [3.05, 3.63) is 11.1 Å². The summed E-state index contributed by atoms with van der Waals surface area (Å²) in [6.45, 7) is 3.08. The Kier molecular flexibility index (Phi) is 3.41. The standard InChI is InChI=1S/C8H13N3O2S/c12-4-8-5-13-2-1-11(8)3-7-6-14-10-9-7/h6,8,12H,1-5H2. The molecule has 1 aromatic rings. The second-order valence-electron chi connectivity index (χ2n) is 3.28. The molecule has 1 aliphatic heterocycles. The van der Waals surface area contributed by atoms with Crippen molar-refractivity contribution in [2.24, 2.45) is 0 Å². The van der Waals surface area contributed by atoms with Crippen LogP contribution >= 0.6 is 11.5 Å². The predicted molar refractivity (Wildman–Crippen MR) is 52.0 cm³/mol. The van der Waals surface area contributed by atoms with Gasteiger partial charge in [-0.3, -0.25) is 4.90 Å². The maximum atomic E-state index is 9.13. The number of hydrogen-bond donors (Lipinski definition) is 1. The van der Waals surface area contributed by atoms with Crippen molar-refractivity contribution in [3.63, 3.8) is 0 Å². The summed E-state index contributed by atoms with van der Waals surface area (Å²) in [6.07, 6.45) is 0. The summed E-state index contributed by atoms with van der Waals surface area (Å²) in [6, 6.07) is 0.102. The minimum Gasteiger partial charge on any atom is -0.395 e. The first-order chi connectivity index (χ1) is 6.90. The Bertz CT molecular complexity index is 268. The predicted octanol–water partition coefficient (Wildman–Crippen LogP) is -0.269. The van der Waals surface area contributed by atoms with E-state index in [9.17, 15) is 0 Å². The minimum atomic E-state index is 0.102. The lowest BCUT2D eigenvalue weighted by Gasteiger charge is -2.33. The van der Waals surface area contributed by atoms with Crippen LogP contribution in [0.4, 0.5) is 0 Å². The molecule has 0 aliphatic carbocycles. The zero-order valence-electron chi connectivity index (χ0n) is 7.80. The third-order valence-corrected chi connectivity index (χ3v) is 2.88. The fourth-order valence-electron chi connectivity index (χ4n) is 1.53. The van der Waals surface area contributed by atoms with Crippen LogP contribution < -0.4 is 0 Å². The van der Waals surface area contributed by atoms with Crippen LogP contribution in [0.3, 0.4) is 0 Å². The number of morpholine rings is 1. The van der Waals surface area contributed by atoms with Crippen molar-refractivity contribution < 1.29 is 9.84 Å². The molecule has 1 N–H and O–H groups in total. The monoisotopic (exact) mass is 215 g/mol. The molecule has 1 aromatic heterocycles. The number of nitrogens with zero attached hydrogens (tertiary/aromatic N) is 3. The Balaban J connectivity index is 1.94. The molecule has 0 radical (unpaired) electrons. The molecule has 6 heteroatoms. The van der Waals surface area contributed by atoms with Crippen LogP contribution in [0.5, 0.6) is 0 Å². The highest BCUT2D eigenvalue weighted by molar-refractivity contribution is 7.03. The average Bonchev–Trinajstić information content (AvgIpc) is 2.71. The van der Waals surface area contributed by atoms with Crippen LogP contribution in [0, 0.1) is 0 Å². The third-order valence-electron chi connectivity index (χ3n) is 2.33. The molecule has 0 amide bonds. The third kappa shape index (κ3) is 2.27. The van der Waals surface area contributed by atoms with E-state index < -0.39 is 0 Å². The lowest BCUT2D eigenvalue weighted by Crippen LogP contribution is -2.46. The first kappa shape index (κ1) is 9.97. The molecule has 2 rings (SSSR count). The van der Waals surface area contributed by atoms with Gasteiger partial charge in [-0.15, -0.1) is 5.10 Å². The van der Waals surface area contributed by atoms with Crippen molar-refractivity contribution in [1.82, 2.24) is 14.5 Å². The van der Waals surface area contributed by atoms with Crippen molar-refractivity contribution in [2.75, 3.05) is 26.4 Å². The summed E-state index contributed by atoms with van der Waals surface area (Å²) in [7, 11) is 0. The zero-order valence-corrected chi connectivity index (χ0v) is 8.61. The second-order valence-corrected chi connectivity index (χ2v) is 3.89. The lowest BCUT2D eigenvalue weighted by molar-refractivity contribution is -0.0317. The largest absolute Gasteiger partial charge is 0.395 e. The number of hydrogen-bond acceptors (Lipinski definition) is 6. The maximum absolute atomic E-state index is 9.13. The number of aromatic nitrogens is 2. The molecule has 14 heavy (non-hydrogen) atoms. The summed E-state index contributed by atoms with van der Waals surface area (Å²) in [4.78, 5) is 2.18. The molecule has 0 saturated carbocycles. The van der Waals surface area contributed by atoms with E-state index in [0.29, 0.717) is 6.61 Å². The van der Waals surface area contributed by atoms with Gasteiger partial charge in [0.2, 0.25) is 0 Å². The summed E-state index contributed by atoms with van der Waals surface area (Å²) in [5, 5.41) is 15.1. The smallest absolute Gasteiger partial charge is 0.0895 e. The van der Waals surface area contributed by atoms with Gasteiger partial charge in [-0.05, 0) is 11.5 Å². The SMILES string of the molecule is OCC1COCCN1Cc1csnn1. The average molecular weight is 215 g/mol. The molecule has 1 unspecified atom stereocenters. The molecular weight excluding hydrogens is 202 g/mol. The summed E-state index contributed by atoms with van der Waals surface area (Å²) >= 11 is 1.36. The normalized spacial score (nSPS) is 23.9. The van der Waals surface area contributed by atoms with E-state index in [-0.39, 0.29) is 12.6 Å². The number of rotatable bonds is 3. The molecule has 0 aromatic carbocycles. The summed E-state index contributed by atoms with van der Waals surface area (Å²) in [5.74, 6) is 0. The Morgan fingerprint density at radius 1 is 1.71 bits per heavy atom. The molecule has 0 spiro atoms. The zero-order chi connectivity index (χ0) is 9.80. The van der Waals surface area contributed by atoms with Gasteiger partial charge in [0.15, 0.2) is 0 Å². The molecule has 1 fully saturated rings. The highest BCUT2D eigenvalue weighted by Crippen LogP contribution is 2.10. The lowest BCUT2D eigenvalue weighted by atomic mass is 10.2. The van der Waals surface area contributed by atoms with Crippen LogP contribution in [0.1, 0.15) is 5.69 Å². The molecule has 78 valence electrons. The Morgan fingerprint density at radius 3 is 3.36 bits per heavy atom. The van der Waals surface area contributed by atoms with E-state index in [1.807, 2.05) is 5.38 Å². The van der Waals surface area contributed by atoms with Gasteiger partial charge in [-0.1, -0.05) is 4.49 Å². The Labute approximate surface area is 86.5 Å². The Morgan fingerprint density at radius 2 is 2.64 bits per heavy atom. The first-order valence-corrected chi connectivity index (χ1v) is 5.42. The number of ether oxygens (including phenoxy) is 1. The van der Waals surface area contributed by atoms with Crippen LogP contribution in [0.25, 0.3) is 0 Å². The quantitative estimate of drug-likeness (QED) is 0.752. The highest BCUT2D eigenvalue weighted by atomic mass is 32.1. The maximum Gasteiger partial charge on any atom is 0.0895 e. The molecule has 2 heterocycles. The van der Waals surface area contributed by atoms with Gasteiger partial charge in [-0.2, -0.15) is 0 Å². The van der Waals surface area contributed by atoms with Crippen LogP contribution in [-0.4, -0.2) is 52.0 Å². The fraction of sp³-hybridized carbons (Fsp3) is 0.750. The molecule has 1 aliphatic rings. The molecular formula is C8H13N3O2S. The molecule has 1 saturated heterocycles. The molecule has 1 atom stereocenters. The topological polar surface area (TPSA) is 58.5 Å².